The van der Waals surface area contributed by atoms with E-state index in [1.54, 1.807) is 12.4 Å². The van der Waals surface area contributed by atoms with Gasteiger partial charge in [0.25, 0.3) is 0 Å². The smallest absolute Gasteiger partial charge is 0.113 e. The minimum Gasteiger partial charge on any atom is -0.496 e. The number of aromatic nitrogens is 1. The normalized spacial score (nSPS) is 17.9. The van der Waals surface area contributed by atoms with E-state index in [2.05, 4.69) is 4.98 Å². The molecular formula is C11H13ClN2O. The summed E-state index contributed by atoms with van der Waals surface area (Å²) in [5.74, 6) is 0.814. The zero-order chi connectivity index (χ0) is 10.7. The van der Waals surface area contributed by atoms with Gasteiger partial charge < -0.3 is 10.5 Å². The molecule has 0 amide bonds. The second-order valence-electron chi connectivity index (χ2n) is 3.47. The standard InChI is InChI=1S/C11H13ClN2O/c12-9-7-14-5-4-8(9)11(13)10-3-1-2-6-15-10/h3-5,7,11H,1-2,6,13H2. The molecular weight excluding hydrogens is 212 g/mol. The third-order valence-electron chi connectivity index (χ3n) is 2.41. The lowest BCUT2D eigenvalue weighted by atomic mass is 10.1. The molecule has 2 rings (SSSR count). The van der Waals surface area contributed by atoms with E-state index in [1.165, 1.54) is 0 Å². The van der Waals surface area contributed by atoms with Gasteiger partial charge in [0.1, 0.15) is 5.76 Å². The van der Waals surface area contributed by atoms with Crippen LogP contribution in [0.5, 0.6) is 0 Å². The van der Waals surface area contributed by atoms with Gasteiger partial charge in [-0.2, -0.15) is 0 Å². The van der Waals surface area contributed by atoms with Crippen LogP contribution >= 0.6 is 11.6 Å². The van der Waals surface area contributed by atoms with Crippen LogP contribution < -0.4 is 5.73 Å². The Hall–Kier alpha value is -1.06. The van der Waals surface area contributed by atoms with E-state index in [9.17, 15) is 0 Å². The second kappa shape index (κ2) is 4.64. The van der Waals surface area contributed by atoms with Crippen molar-refractivity contribution in [2.24, 2.45) is 5.73 Å². The molecule has 0 spiro atoms. The molecule has 4 heteroatoms. The first-order valence-electron chi connectivity index (χ1n) is 4.97. The molecule has 1 atom stereocenters. The van der Waals surface area contributed by atoms with Gasteiger partial charge in [-0.05, 0) is 30.5 Å². The van der Waals surface area contributed by atoms with Crippen LogP contribution in [0.4, 0.5) is 0 Å². The number of ether oxygens (including phenoxy) is 1. The quantitative estimate of drug-likeness (QED) is 0.840. The highest BCUT2D eigenvalue weighted by Gasteiger charge is 2.17. The van der Waals surface area contributed by atoms with E-state index in [1.807, 2.05) is 12.1 Å². The Morgan fingerprint density at radius 3 is 3.07 bits per heavy atom. The minimum atomic E-state index is -0.277. The maximum atomic E-state index is 6.07. The van der Waals surface area contributed by atoms with Crippen molar-refractivity contribution >= 4 is 11.6 Å². The summed E-state index contributed by atoms with van der Waals surface area (Å²) in [6.07, 6.45) is 7.39. The SMILES string of the molecule is NC(C1=CCCCO1)c1ccncc1Cl. The van der Waals surface area contributed by atoms with Crippen LogP contribution in [0, 0.1) is 0 Å². The van der Waals surface area contributed by atoms with E-state index in [0.717, 1.165) is 30.8 Å². The van der Waals surface area contributed by atoms with Crippen LogP contribution in [-0.4, -0.2) is 11.6 Å². The van der Waals surface area contributed by atoms with Crippen molar-refractivity contribution in [1.29, 1.82) is 0 Å². The van der Waals surface area contributed by atoms with Crippen molar-refractivity contribution in [2.75, 3.05) is 6.61 Å². The van der Waals surface area contributed by atoms with E-state index in [0.29, 0.717) is 5.02 Å². The van der Waals surface area contributed by atoms with Gasteiger partial charge in [-0.1, -0.05) is 11.6 Å². The van der Waals surface area contributed by atoms with Gasteiger partial charge in [0.15, 0.2) is 0 Å². The van der Waals surface area contributed by atoms with Gasteiger partial charge >= 0.3 is 0 Å². The Labute approximate surface area is 93.9 Å². The van der Waals surface area contributed by atoms with Crippen molar-refractivity contribution in [3.63, 3.8) is 0 Å². The van der Waals surface area contributed by atoms with Gasteiger partial charge in [-0.25, -0.2) is 0 Å². The maximum Gasteiger partial charge on any atom is 0.113 e. The number of rotatable bonds is 2. The van der Waals surface area contributed by atoms with Crippen LogP contribution in [0.2, 0.25) is 5.02 Å². The van der Waals surface area contributed by atoms with Crippen molar-refractivity contribution in [2.45, 2.75) is 18.9 Å². The average molecular weight is 225 g/mol. The fourth-order valence-electron chi connectivity index (χ4n) is 1.58. The molecule has 1 aromatic rings. The van der Waals surface area contributed by atoms with E-state index in [4.69, 9.17) is 22.1 Å². The molecule has 0 fully saturated rings. The summed E-state index contributed by atoms with van der Waals surface area (Å²) in [5, 5.41) is 0.583. The van der Waals surface area contributed by atoms with E-state index < -0.39 is 0 Å². The van der Waals surface area contributed by atoms with Gasteiger partial charge in [-0.15, -0.1) is 0 Å². The molecule has 0 radical (unpaired) electrons. The molecule has 3 nitrogen and oxygen atoms in total. The number of pyridine rings is 1. The lowest BCUT2D eigenvalue weighted by molar-refractivity contribution is 0.176. The second-order valence-corrected chi connectivity index (χ2v) is 3.88. The first-order chi connectivity index (χ1) is 7.29. The molecule has 0 aromatic carbocycles. The summed E-state index contributed by atoms with van der Waals surface area (Å²) < 4.78 is 5.51. The summed E-state index contributed by atoms with van der Waals surface area (Å²) >= 11 is 6.01. The zero-order valence-electron chi connectivity index (χ0n) is 8.32. The van der Waals surface area contributed by atoms with Crippen LogP contribution in [0.1, 0.15) is 24.4 Å². The number of hydrogen-bond acceptors (Lipinski definition) is 3. The number of nitrogens with two attached hydrogens (primary N) is 1. The summed E-state index contributed by atoms with van der Waals surface area (Å²) in [7, 11) is 0. The Kier molecular flexibility index (Phi) is 3.23. The molecule has 2 N–H and O–H groups in total. The summed E-state index contributed by atoms with van der Waals surface area (Å²) in [5.41, 5.74) is 6.93. The number of nitrogens with zero attached hydrogens (tertiary/aromatic N) is 1. The Morgan fingerprint density at radius 2 is 2.40 bits per heavy atom. The van der Waals surface area contributed by atoms with Crippen molar-refractivity contribution < 1.29 is 4.74 Å². The summed E-state index contributed by atoms with van der Waals surface area (Å²) in [4.78, 5) is 3.92. The van der Waals surface area contributed by atoms with Crippen LogP contribution in [0.3, 0.4) is 0 Å². The predicted octanol–water partition coefficient (Wildman–Crippen LogP) is 2.43. The third-order valence-corrected chi connectivity index (χ3v) is 2.72. The van der Waals surface area contributed by atoms with Gasteiger partial charge in [0, 0.05) is 12.4 Å². The first kappa shape index (κ1) is 10.5. The number of allylic oxidation sites excluding steroid dienone is 1. The predicted molar refractivity (Wildman–Crippen MR) is 59.4 cm³/mol. The molecule has 0 saturated carbocycles. The minimum absolute atomic E-state index is 0.277. The summed E-state index contributed by atoms with van der Waals surface area (Å²) in [6, 6.07) is 1.55. The van der Waals surface area contributed by atoms with Crippen molar-refractivity contribution in [1.82, 2.24) is 4.98 Å². The van der Waals surface area contributed by atoms with Crippen LogP contribution in [0.25, 0.3) is 0 Å². The van der Waals surface area contributed by atoms with Crippen molar-refractivity contribution in [3.05, 3.63) is 40.9 Å². The van der Waals surface area contributed by atoms with Crippen LogP contribution in [-0.2, 0) is 4.74 Å². The molecule has 1 aliphatic heterocycles. The molecule has 0 aliphatic carbocycles. The van der Waals surface area contributed by atoms with Gasteiger partial charge in [0.05, 0.1) is 17.7 Å². The first-order valence-corrected chi connectivity index (χ1v) is 5.34. The molecule has 1 aliphatic rings. The molecule has 0 saturated heterocycles. The number of hydrogen-bond donors (Lipinski definition) is 1. The average Bonchev–Trinajstić information content (AvgIpc) is 2.30. The zero-order valence-corrected chi connectivity index (χ0v) is 9.07. The highest BCUT2D eigenvalue weighted by molar-refractivity contribution is 6.31. The van der Waals surface area contributed by atoms with Gasteiger partial charge in [0.2, 0.25) is 0 Å². The molecule has 2 heterocycles. The Morgan fingerprint density at radius 1 is 1.53 bits per heavy atom. The Bertz CT molecular complexity index is 379. The van der Waals surface area contributed by atoms with Crippen molar-refractivity contribution in [3.8, 4) is 0 Å². The fourth-order valence-corrected chi connectivity index (χ4v) is 1.82. The monoisotopic (exact) mass is 224 g/mol. The lowest BCUT2D eigenvalue weighted by Crippen LogP contribution is -2.18. The molecule has 80 valence electrons. The molecule has 15 heavy (non-hydrogen) atoms. The Balaban J connectivity index is 2.23. The van der Waals surface area contributed by atoms with E-state index >= 15 is 0 Å². The van der Waals surface area contributed by atoms with Gasteiger partial charge in [-0.3, -0.25) is 4.98 Å². The molecule has 0 bridgehead atoms. The third kappa shape index (κ3) is 2.30. The number of halogens is 1. The van der Waals surface area contributed by atoms with E-state index in [-0.39, 0.29) is 6.04 Å². The summed E-state index contributed by atoms with van der Waals surface area (Å²) in [6.45, 7) is 0.738. The topological polar surface area (TPSA) is 48.1 Å². The molecule has 1 aromatic heterocycles. The fraction of sp³-hybridized carbons (Fsp3) is 0.364. The highest BCUT2D eigenvalue weighted by atomic mass is 35.5. The lowest BCUT2D eigenvalue weighted by Gasteiger charge is -2.21. The highest BCUT2D eigenvalue weighted by Crippen LogP contribution is 2.27. The maximum absolute atomic E-state index is 6.07. The largest absolute Gasteiger partial charge is 0.496 e. The van der Waals surface area contributed by atoms with Crippen LogP contribution in [0.15, 0.2) is 30.3 Å². The molecule has 1 unspecified atom stereocenters.